The minimum Gasteiger partial charge on any atom is -0.455 e. The third-order valence-electron chi connectivity index (χ3n) is 4.03. The number of carbonyl (C=O) groups is 1. The maximum Gasteiger partial charge on any atom is 0.274 e. The van der Waals surface area contributed by atoms with Crippen LogP contribution < -0.4 is 15.4 Å². The Bertz CT molecular complexity index is 913. The van der Waals surface area contributed by atoms with Gasteiger partial charge in [-0.15, -0.1) is 0 Å². The smallest absolute Gasteiger partial charge is 0.274 e. The lowest BCUT2D eigenvalue weighted by Gasteiger charge is -2.12. The fourth-order valence-corrected chi connectivity index (χ4v) is 2.53. The van der Waals surface area contributed by atoms with Gasteiger partial charge in [-0.25, -0.2) is 9.97 Å². The summed E-state index contributed by atoms with van der Waals surface area (Å²) >= 11 is 0. The van der Waals surface area contributed by atoms with Crippen LogP contribution >= 0.6 is 0 Å². The van der Waals surface area contributed by atoms with Crippen LogP contribution in [0.15, 0.2) is 67.0 Å². The number of aromatic nitrogens is 2. The standard InChI is InChI=1S/C22H24N4O2/c1-16(2)12-13-23-21-14-19(24-15-25-21)22(27)26-18-10-6-7-11-20(18)28-17-8-4-3-5-9-17/h3-11,14-16H,12-13H2,1-2H3,(H,26,27)(H,23,24,25). The van der Waals surface area contributed by atoms with Crippen molar-refractivity contribution in [3.8, 4) is 11.5 Å². The van der Waals surface area contributed by atoms with Gasteiger partial charge in [0.25, 0.3) is 5.91 Å². The number of ether oxygens (including phenoxy) is 1. The van der Waals surface area contributed by atoms with Gasteiger partial charge in [-0.2, -0.15) is 0 Å². The molecule has 0 radical (unpaired) electrons. The van der Waals surface area contributed by atoms with Gasteiger partial charge in [0.2, 0.25) is 0 Å². The molecule has 144 valence electrons. The third-order valence-corrected chi connectivity index (χ3v) is 4.03. The molecule has 0 atom stereocenters. The third kappa shape index (κ3) is 5.54. The van der Waals surface area contributed by atoms with E-state index in [-0.39, 0.29) is 11.6 Å². The number of carbonyl (C=O) groups excluding carboxylic acids is 1. The van der Waals surface area contributed by atoms with Gasteiger partial charge in [-0.1, -0.05) is 44.2 Å². The van der Waals surface area contributed by atoms with Crippen LogP contribution in [0.2, 0.25) is 0 Å². The maximum absolute atomic E-state index is 12.7. The summed E-state index contributed by atoms with van der Waals surface area (Å²) in [6.07, 6.45) is 2.41. The molecule has 6 heteroatoms. The molecule has 2 N–H and O–H groups in total. The lowest BCUT2D eigenvalue weighted by Crippen LogP contribution is -2.15. The van der Waals surface area contributed by atoms with Crippen LogP contribution in [-0.2, 0) is 0 Å². The summed E-state index contributed by atoms with van der Waals surface area (Å²) in [7, 11) is 0. The fraction of sp³-hybridized carbons (Fsp3) is 0.227. The van der Waals surface area contributed by atoms with Crippen molar-refractivity contribution in [2.24, 2.45) is 5.92 Å². The zero-order valence-electron chi connectivity index (χ0n) is 16.1. The zero-order valence-corrected chi connectivity index (χ0v) is 16.1. The number of para-hydroxylation sites is 3. The lowest BCUT2D eigenvalue weighted by molar-refractivity contribution is 0.102. The number of hydrogen-bond acceptors (Lipinski definition) is 5. The van der Waals surface area contributed by atoms with Crippen molar-refractivity contribution in [1.82, 2.24) is 9.97 Å². The van der Waals surface area contributed by atoms with Crippen molar-refractivity contribution in [3.05, 3.63) is 72.7 Å². The van der Waals surface area contributed by atoms with Crippen molar-refractivity contribution < 1.29 is 9.53 Å². The van der Waals surface area contributed by atoms with E-state index in [4.69, 9.17) is 4.74 Å². The quantitative estimate of drug-likeness (QED) is 0.580. The van der Waals surface area contributed by atoms with Crippen LogP contribution in [0.3, 0.4) is 0 Å². The van der Waals surface area contributed by atoms with Crippen molar-refractivity contribution in [2.45, 2.75) is 20.3 Å². The van der Waals surface area contributed by atoms with Crippen LogP contribution in [0.4, 0.5) is 11.5 Å². The van der Waals surface area contributed by atoms with E-state index < -0.39 is 0 Å². The highest BCUT2D eigenvalue weighted by Gasteiger charge is 2.12. The van der Waals surface area contributed by atoms with E-state index in [1.165, 1.54) is 6.33 Å². The van der Waals surface area contributed by atoms with Gasteiger partial charge in [-0.05, 0) is 36.6 Å². The molecule has 0 unspecified atom stereocenters. The monoisotopic (exact) mass is 376 g/mol. The Labute approximate surface area is 165 Å². The first-order valence-electron chi connectivity index (χ1n) is 9.31. The molecule has 0 aliphatic carbocycles. The summed E-state index contributed by atoms with van der Waals surface area (Å²) in [6.45, 7) is 5.12. The first-order chi connectivity index (χ1) is 13.6. The first kappa shape index (κ1) is 19.4. The summed E-state index contributed by atoms with van der Waals surface area (Å²) < 4.78 is 5.89. The van der Waals surface area contributed by atoms with Gasteiger partial charge < -0.3 is 15.4 Å². The van der Waals surface area contributed by atoms with Gasteiger partial charge in [-0.3, -0.25) is 4.79 Å². The highest BCUT2D eigenvalue weighted by Crippen LogP contribution is 2.29. The minimum absolute atomic E-state index is 0.288. The molecule has 0 saturated heterocycles. The maximum atomic E-state index is 12.7. The summed E-state index contributed by atoms with van der Waals surface area (Å²) in [5.74, 6) is 2.17. The second-order valence-electron chi connectivity index (χ2n) is 6.76. The molecule has 1 aromatic heterocycles. The molecule has 6 nitrogen and oxygen atoms in total. The van der Waals surface area contributed by atoms with Gasteiger partial charge in [0.05, 0.1) is 5.69 Å². The molecule has 0 spiro atoms. The number of amides is 1. The molecule has 1 amide bonds. The Kier molecular flexibility index (Phi) is 6.57. The van der Waals surface area contributed by atoms with Crippen molar-refractivity contribution in [2.75, 3.05) is 17.2 Å². The van der Waals surface area contributed by atoms with Crippen LogP contribution in [0, 0.1) is 5.92 Å². The second-order valence-corrected chi connectivity index (χ2v) is 6.76. The molecule has 3 aromatic rings. The number of nitrogens with zero attached hydrogens (tertiary/aromatic N) is 2. The molecule has 1 heterocycles. The largest absolute Gasteiger partial charge is 0.455 e. The zero-order chi connectivity index (χ0) is 19.8. The highest BCUT2D eigenvalue weighted by molar-refractivity contribution is 6.04. The predicted octanol–water partition coefficient (Wildman–Crippen LogP) is 4.98. The van der Waals surface area contributed by atoms with Crippen molar-refractivity contribution in [3.63, 3.8) is 0 Å². The van der Waals surface area contributed by atoms with Crippen molar-refractivity contribution in [1.29, 1.82) is 0 Å². The Morgan fingerprint density at radius 3 is 2.57 bits per heavy atom. The average molecular weight is 376 g/mol. The van der Waals surface area contributed by atoms with Crippen LogP contribution in [0.25, 0.3) is 0 Å². The van der Waals surface area contributed by atoms with Crippen LogP contribution in [-0.4, -0.2) is 22.4 Å². The fourth-order valence-electron chi connectivity index (χ4n) is 2.53. The minimum atomic E-state index is -0.321. The topological polar surface area (TPSA) is 76.1 Å². The Balaban J connectivity index is 1.70. The number of anilines is 2. The predicted molar refractivity (Wildman–Crippen MR) is 111 cm³/mol. The average Bonchev–Trinajstić information content (AvgIpc) is 2.70. The van der Waals surface area contributed by atoms with Crippen molar-refractivity contribution >= 4 is 17.4 Å². The Hall–Kier alpha value is -3.41. The van der Waals surface area contributed by atoms with E-state index in [9.17, 15) is 4.79 Å². The van der Waals surface area contributed by atoms with Crippen LogP contribution in [0.5, 0.6) is 11.5 Å². The summed E-state index contributed by atoms with van der Waals surface area (Å²) in [5.41, 5.74) is 0.862. The van der Waals surface area contributed by atoms with E-state index in [1.54, 1.807) is 12.1 Å². The molecule has 0 fully saturated rings. The summed E-state index contributed by atoms with van der Waals surface area (Å²) in [4.78, 5) is 20.9. The summed E-state index contributed by atoms with van der Waals surface area (Å²) in [6, 6.07) is 18.4. The highest BCUT2D eigenvalue weighted by atomic mass is 16.5. The lowest BCUT2D eigenvalue weighted by atomic mass is 10.1. The molecule has 2 aromatic carbocycles. The van der Waals surface area contributed by atoms with Gasteiger partial charge in [0.1, 0.15) is 23.6 Å². The Morgan fingerprint density at radius 1 is 1.04 bits per heavy atom. The normalized spacial score (nSPS) is 10.5. The van der Waals surface area contributed by atoms with E-state index in [0.29, 0.717) is 28.9 Å². The van der Waals surface area contributed by atoms with Gasteiger partial charge >= 0.3 is 0 Å². The number of nitrogens with one attached hydrogen (secondary N) is 2. The SMILES string of the molecule is CC(C)CCNc1cc(C(=O)Nc2ccccc2Oc2ccccc2)ncn1. The van der Waals surface area contributed by atoms with E-state index >= 15 is 0 Å². The van der Waals surface area contributed by atoms with E-state index in [1.807, 2.05) is 48.5 Å². The van der Waals surface area contributed by atoms with Gasteiger partial charge in [0, 0.05) is 12.6 Å². The second kappa shape index (κ2) is 9.50. The van der Waals surface area contributed by atoms with E-state index in [0.717, 1.165) is 13.0 Å². The molecular weight excluding hydrogens is 352 g/mol. The number of benzene rings is 2. The van der Waals surface area contributed by atoms with Gasteiger partial charge in [0.15, 0.2) is 5.75 Å². The van der Waals surface area contributed by atoms with E-state index in [2.05, 4.69) is 34.4 Å². The number of hydrogen-bond donors (Lipinski definition) is 2. The number of rotatable bonds is 8. The molecule has 0 aliphatic rings. The molecule has 3 rings (SSSR count). The first-order valence-corrected chi connectivity index (χ1v) is 9.31. The molecular formula is C22H24N4O2. The molecule has 0 bridgehead atoms. The molecule has 0 aliphatic heterocycles. The molecule has 28 heavy (non-hydrogen) atoms. The molecule has 0 saturated carbocycles. The van der Waals surface area contributed by atoms with Crippen LogP contribution in [0.1, 0.15) is 30.8 Å². The Morgan fingerprint density at radius 2 is 1.79 bits per heavy atom. The summed E-state index contributed by atoms with van der Waals surface area (Å²) in [5, 5.41) is 6.09.